The van der Waals surface area contributed by atoms with Gasteiger partial charge in [0.25, 0.3) is 0 Å². The Morgan fingerprint density at radius 1 is 1.07 bits per heavy atom. The normalized spacial score (nSPS) is 10.4. The van der Waals surface area contributed by atoms with E-state index in [9.17, 15) is 9.18 Å². The molecule has 4 nitrogen and oxygen atoms in total. The average molecular weight is 364 g/mol. The van der Waals surface area contributed by atoms with Crippen molar-refractivity contribution < 1.29 is 13.9 Å². The minimum atomic E-state index is -0.312. The highest BCUT2D eigenvalue weighted by molar-refractivity contribution is 5.78. The van der Waals surface area contributed by atoms with Crippen molar-refractivity contribution in [2.75, 3.05) is 6.61 Å². The third-order valence-corrected chi connectivity index (χ3v) is 4.04. The van der Waals surface area contributed by atoms with Crippen molar-refractivity contribution in [3.05, 3.63) is 83.9 Å². The molecule has 0 atom stereocenters. The molecule has 1 amide bonds. The monoisotopic (exact) mass is 364 g/mol. The number of carbonyl (C=O) groups is 1. The Morgan fingerprint density at radius 3 is 2.52 bits per heavy atom. The topological polar surface area (TPSA) is 51.2 Å². The van der Waals surface area contributed by atoms with Crippen molar-refractivity contribution in [1.82, 2.24) is 10.3 Å². The maximum absolute atomic E-state index is 13.1. The van der Waals surface area contributed by atoms with Crippen molar-refractivity contribution >= 4 is 5.91 Å². The van der Waals surface area contributed by atoms with Crippen LogP contribution in [0.15, 0.2) is 66.9 Å². The molecule has 2 aromatic carbocycles. The summed E-state index contributed by atoms with van der Waals surface area (Å²) in [6, 6.07) is 17.8. The molecule has 3 rings (SSSR count). The fourth-order valence-electron chi connectivity index (χ4n) is 2.68. The van der Waals surface area contributed by atoms with Gasteiger partial charge in [0.2, 0.25) is 5.91 Å². The lowest BCUT2D eigenvalue weighted by Crippen LogP contribution is -2.24. The van der Waals surface area contributed by atoms with Gasteiger partial charge in [0.05, 0.1) is 13.0 Å². The van der Waals surface area contributed by atoms with Crippen LogP contribution in [-0.2, 0) is 17.8 Å². The van der Waals surface area contributed by atoms with E-state index in [0.717, 1.165) is 22.4 Å². The summed E-state index contributed by atoms with van der Waals surface area (Å²) in [4.78, 5) is 16.4. The molecule has 0 bridgehead atoms. The molecule has 1 aromatic heterocycles. The Balaban J connectivity index is 1.56. The fraction of sp³-hybridized carbons (Fsp3) is 0.182. The third-order valence-electron chi connectivity index (χ3n) is 4.04. The molecule has 0 radical (unpaired) electrons. The summed E-state index contributed by atoms with van der Waals surface area (Å²) in [5, 5.41) is 2.78. The second kappa shape index (κ2) is 8.94. The molecule has 1 N–H and O–H groups in total. The van der Waals surface area contributed by atoms with Gasteiger partial charge in [0.1, 0.15) is 11.6 Å². The number of rotatable bonds is 7. The van der Waals surface area contributed by atoms with Crippen LogP contribution in [0.5, 0.6) is 5.75 Å². The van der Waals surface area contributed by atoms with Crippen LogP contribution >= 0.6 is 0 Å². The second-order valence-corrected chi connectivity index (χ2v) is 6.08. The highest BCUT2D eigenvalue weighted by Crippen LogP contribution is 2.22. The molecule has 3 aromatic rings. The quantitative estimate of drug-likeness (QED) is 0.685. The predicted octanol–water partition coefficient (Wildman–Crippen LogP) is 4.15. The minimum Gasteiger partial charge on any atom is -0.494 e. The highest BCUT2D eigenvalue weighted by atomic mass is 19.1. The van der Waals surface area contributed by atoms with Gasteiger partial charge < -0.3 is 10.1 Å². The summed E-state index contributed by atoms with van der Waals surface area (Å²) in [5.74, 6) is 0.370. The summed E-state index contributed by atoms with van der Waals surface area (Å²) in [6.45, 7) is 2.88. The number of halogens is 1. The van der Waals surface area contributed by atoms with Crippen LogP contribution in [0.4, 0.5) is 4.39 Å². The van der Waals surface area contributed by atoms with E-state index in [1.165, 1.54) is 12.1 Å². The first kappa shape index (κ1) is 18.6. The van der Waals surface area contributed by atoms with Crippen molar-refractivity contribution in [3.63, 3.8) is 0 Å². The van der Waals surface area contributed by atoms with Gasteiger partial charge in [-0.25, -0.2) is 4.39 Å². The van der Waals surface area contributed by atoms with Crippen LogP contribution in [0.25, 0.3) is 11.1 Å². The van der Waals surface area contributed by atoms with Gasteiger partial charge in [0, 0.05) is 24.0 Å². The van der Waals surface area contributed by atoms with Gasteiger partial charge in [-0.3, -0.25) is 9.78 Å². The molecule has 0 spiro atoms. The highest BCUT2D eigenvalue weighted by Gasteiger charge is 2.06. The molecule has 1 heterocycles. The van der Waals surface area contributed by atoms with Gasteiger partial charge in [-0.2, -0.15) is 0 Å². The minimum absolute atomic E-state index is 0.152. The standard InChI is InChI=1S/C22H21FN2O2/c1-2-27-21-10-7-17(8-11-21)18-6-9-20(24-15-18)13-22(26)25-14-16-4-3-5-19(23)12-16/h3-12,15H,2,13-14H2,1H3,(H,25,26). The molecule has 138 valence electrons. The van der Waals surface area contributed by atoms with Crippen LogP contribution in [0.3, 0.4) is 0 Å². The van der Waals surface area contributed by atoms with Crippen molar-refractivity contribution in [3.8, 4) is 16.9 Å². The number of pyridine rings is 1. The third kappa shape index (κ3) is 5.38. The first-order chi connectivity index (χ1) is 13.1. The lowest BCUT2D eigenvalue weighted by atomic mass is 10.1. The number of ether oxygens (including phenoxy) is 1. The summed E-state index contributed by atoms with van der Waals surface area (Å²) in [6.07, 6.45) is 1.93. The first-order valence-corrected chi connectivity index (χ1v) is 8.83. The van der Waals surface area contributed by atoms with E-state index in [-0.39, 0.29) is 18.1 Å². The molecule has 0 saturated carbocycles. The summed E-state index contributed by atoms with van der Waals surface area (Å²) >= 11 is 0. The fourth-order valence-corrected chi connectivity index (χ4v) is 2.68. The average Bonchev–Trinajstić information content (AvgIpc) is 2.68. The number of carbonyl (C=O) groups excluding carboxylic acids is 1. The van der Waals surface area contributed by atoms with Gasteiger partial charge in [-0.1, -0.05) is 30.3 Å². The maximum atomic E-state index is 13.1. The SMILES string of the molecule is CCOc1ccc(-c2ccc(CC(=O)NCc3cccc(F)c3)nc2)cc1. The molecular weight excluding hydrogens is 343 g/mol. The zero-order valence-corrected chi connectivity index (χ0v) is 15.1. The lowest BCUT2D eigenvalue weighted by molar-refractivity contribution is -0.120. The summed E-state index contributed by atoms with van der Waals surface area (Å²) < 4.78 is 18.6. The molecule has 0 aliphatic rings. The molecule has 0 fully saturated rings. The largest absolute Gasteiger partial charge is 0.494 e. The van der Waals surface area contributed by atoms with Crippen LogP contribution in [0.2, 0.25) is 0 Å². The molecule has 0 aliphatic heterocycles. The summed E-state index contributed by atoms with van der Waals surface area (Å²) in [5.41, 5.74) is 3.42. The van der Waals surface area contributed by atoms with E-state index in [0.29, 0.717) is 18.8 Å². The van der Waals surface area contributed by atoms with Gasteiger partial charge in [-0.15, -0.1) is 0 Å². The number of nitrogens with one attached hydrogen (secondary N) is 1. The van der Waals surface area contributed by atoms with Crippen LogP contribution in [0.1, 0.15) is 18.2 Å². The Bertz CT molecular complexity index is 893. The molecular formula is C22H21FN2O2. The first-order valence-electron chi connectivity index (χ1n) is 8.83. The van der Waals surface area contributed by atoms with Crippen molar-refractivity contribution in [2.45, 2.75) is 19.9 Å². The second-order valence-electron chi connectivity index (χ2n) is 6.08. The lowest BCUT2D eigenvalue weighted by Gasteiger charge is -2.07. The Kier molecular flexibility index (Phi) is 6.15. The van der Waals surface area contributed by atoms with Crippen LogP contribution in [-0.4, -0.2) is 17.5 Å². The zero-order valence-electron chi connectivity index (χ0n) is 15.1. The smallest absolute Gasteiger partial charge is 0.226 e. The summed E-state index contributed by atoms with van der Waals surface area (Å²) in [7, 11) is 0. The van der Waals surface area contributed by atoms with Crippen molar-refractivity contribution in [2.24, 2.45) is 0 Å². The number of benzene rings is 2. The van der Waals surface area contributed by atoms with Gasteiger partial charge in [0.15, 0.2) is 0 Å². The Labute approximate surface area is 158 Å². The van der Waals surface area contributed by atoms with Gasteiger partial charge >= 0.3 is 0 Å². The predicted molar refractivity (Wildman–Crippen MR) is 103 cm³/mol. The molecule has 0 unspecified atom stereocenters. The van der Waals surface area contributed by atoms with E-state index in [1.807, 2.05) is 43.3 Å². The van der Waals surface area contributed by atoms with Crippen molar-refractivity contribution in [1.29, 1.82) is 0 Å². The van der Waals surface area contributed by atoms with E-state index >= 15 is 0 Å². The van der Waals surface area contributed by atoms with E-state index in [2.05, 4.69) is 10.3 Å². The number of aromatic nitrogens is 1. The van der Waals surface area contributed by atoms with Crippen LogP contribution < -0.4 is 10.1 Å². The number of amides is 1. The Morgan fingerprint density at radius 2 is 1.85 bits per heavy atom. The van der Waals surface area contributed by atoms with Crippen LogP contribution in [0, 0.1) is 5.82 Å². The van der Waals surface area contributed by atoms with E-state index < -0.39 is 0 Å². The number of nitrogens with zero attached hydrogens (tertiary/aromatic N) is 1. The Hall–Kier alpha value is -3.21. The van der Waals surface area contributed by atoms with E-state index in [4.69, 9.17) is 4.74 Å². The number of hydrogen-bond donors (Lipinski definition) is 1. The maximum Gasteiger partial charge on any atom is 0.226 e. The zero-order chi connectivity index (χ0) is 19.1. The molecule has 0 aliphatic carbocycles. The van der Waals surface area contributed by atoms with Gasteiger partial charge in [-0.05, 0) is 48.4 Å². The molecule has 0 saturated heterocycles. The molecule has 27 heavy (non-hydrogen) atoms. The molecule has 5 heteroatoms. The number of hydrogen-bond acceptors (Lipinski definition) is 3. The van der Waals surface area contributed by atoms with E-state index in [1.54, 1.807) is 18.3 Å².